The average Bonchev–Trinajstić information content (AvgIpc) is 1.69. The Morgan fingerprint density at radius 3 is 1.24 bits per heavy atom. The molecule has 10 unspecified atom stereocenters. The van der Waals surface area contributed by atoms with E-state index in [1.807, 2.05) is 182 Å². The van der Waals surface area contributed by atoms with Gasteiger partial charge in [0, 0.05) is 6.54 Å². The Balaban J connectivity index is 0.000000192. The van der Waals surface area contributed by atoms with Crippen LogP contribution in [0.3, 0.4) is 0 Å². The minimum atomic E-state index is -3.36. The molecule has 538 valence electrons. The van der Waals surface area contributed by atoms with Crippen LogP contribution in [0.15, 0.2) is 182 Å². The second-order valence-corrected chi connectivity index (χ2v) is 32.0. The fraction of sp³-hybridized carbons (Fsp3) is 0.506. The molecular weight excluding hydrogens is 1300 g/mol. The third-order valence-electron chi connectivity index (χ3n) is 18.4. The van der Waals surface area contributed by atoms with Crippen LogP contribution < -0.4 is 21.7 Å². The molecule has 20 nitrogen and oxygen atoms in total. The van der Waals surface area contributed by atoms with Crippen molar-refractivity contribution in [3.05, 3.63) is 215 Å². The molecule has 0 bridgehead atoms. The summed E-state index contributed by atoms with van der Waals surface area (Å²) in [6.45, 7) is 13.4. The van der Waals surface area contributed by atoms with E-state index < -0.39 is 39.6 Å². The topological polar surface area (TPSA) is 255 Å². The van der Waals surface area contributed by atoms with E-state index in [1.54, 1.807) is 0 Å². The maximum Gasteiger partial charge on any atom is 0.407 e. The molecule has 99 heavy (non-hydrogen) atoms. The van der Waals surface area contributed by atoms with E-state index in [1.165, 1.54) is 5.56 Å². The predicted molar refractivity (Wildman–Crippen MR) is 380 cm³/mol. The molecule has 5 aliphatic heterocycles. The molecule has 11 rings (SSSR count). The van der Waals surface area contributed by atoms with Crippen LogP contribution in [0.25, 0.3) is 0 Å². The number of nitrogens with one attached hydrogen (secondary N) is 3. The molecule has 0 radical (unpaired) electrons. The number of carbonyl (C=O) groups excluding carboxylic acids is 2. The van der Waals surface area contributed by atoms with Gasteiger partial charge in [0.1, 0.15) is 24.5 Å². The molecule has 2 amide bonds. The van der Waals surface area contributed by atoms with E-state index >= 15 is 0 Å². The summed E-state index contributed by atoms with van der Waals surface area (Å²) in [5.74, 6) is 0.187. The number of aliphatic hydroxyl groups excluding tert-OH is 1. The lowest BCUT2D eigenvalue weighted by molar-refractivity contribution is -0.0909. The summed E-state index contributed by atoms with van der Waals surface area (Å²) >= 11 is 0. The van der Waals surface area contributed by atoms with Gasteiger partial charge in [-0.1, -0.05) is 223 Å². The van der Waals surface area contributed by atoms with Crippen LogP contribution in [0.5, 0.6) is 0 Å². The van der Waals surface area contributed by atoms with E-state index in [2.05, 4.69) is 43.6 Å². The smallest absolute Gasteiger partial charge is 0.407 e. The summed E-state index contributed by atoms with van der Waals surface area (Å²) in [4.78, 5) is 25.2. The van der Waals surface area contributed by atoms with Crippen LogP contribution >= 0.6 is 15.2 Å². The highest BCUT2D eigenvalue weighted by Crippen LogP contribution is 2.52. The van der Waals surface area contributed by atoms with E-state index in [0.29, 0.717) is 84.5 Å². The number of nitrogens with two attached hydrogens (primary N) is 1. The lowest BCUT2D eigenvalue weighted by Crippen LogP contribution is -2.53. The first kappa shape index (κ1) is 77.0. The lowest BCUT2D eigenvalue weighted by Gasteiger charge is -2.31. The predicted octanol–water partition coefficient (Wildman–Crippen LogP) is 14.1. The van der Waals surface area contributed by atoms with Crippen molar-refractivity contribution in [2.24, 2.45) is 28.4 Å². The Kier molecular flexibility index (Phi) is 30.6. The minimum absolute atomic E-state index is 0.0296. The maximum atomic E-state index is 13.8. The number of unbranched alkanes of at least 4 members (excludes halogenated alkanes) is 2. The van der Waals surface area contributed by atoms with Crippen LogP contribution in [-0.2, 0) is 99.7 Å². The zero-order valence-electron chi connectivity index (χ0n) is 57.9. The zero-order chi connectivity index (χ0) is 69.8. The summed E-state index contributed by atoms with van der Waals surface area (Å²) in [5, 5.41) is 20.4. The fourth-order valence-corrected chi connectivity index (χ4v) is 15.4. The summed E-state index contributed by atoms with van der Waals surface area (Å²) < 4.78 is 89.4. The maximum absolute atomic E-state index is 13.8. The standard InChI is InChI=1S/C38H51N2O8P.C22H32NO3P.C17H21NO5/c1-38(2,21-12-13-23-49(43,46-25-30-16-8-4-9-17-30)47-26-31-18-10-5-11-19-31)28-39-35(41)33(24-29-14-6-3-7-15-29)40-37(42)48-34-27-45-36-32(34)20-22-44-36;1-22(2,19-23)15-9-10-16-27(24,25-17-20-11-5-3-6-12-20)26-18-21-13-7-4-8-14-21;19-17(23-14-9-22-16-12(14)6-7-20-16)18-13(15-10-21-15)8-11-4-2-1-3-5-11/h3-11,14-19,32-36,39,41H,12-13,20-28H2,1-2H3,(H,40,42);3-8,11-14H,9-10,15-19,23H2,1-2H3;1-5,12-16H,6-10H2,(H,18,19). The van der Waals surface area contributed by atoms with Crippen LogP contribution in [-0.4, -0.2) is 125 Å². The zero-order valence-corrected chi connectivity index (χ0v) is 59.7. The molecule has 10 atom stereocenters. The molecule has 5 heterocycles. The molecule has 5 aliphatic rings. The number of epoxide rings is 1. The average molecular weight is 1400 g/mol. The Labute approximate surface area is 585 Å². The summed E-state index contributed by atoms with van der Waals surface area (Å²) in [6, 6.07) is 58.0. The van der Waals surface area contributed by atoms with Gasteiger partial charge in [0.2, 0.25) is 0 Å². The quantitative estimate of drug-likeness (QED) is 0.0106. The second-order valence-electron chi connectivity index (χ2n) is 27.7. The highest BCUT2D eigenvalue weighted by Gasteiger charge is 2.46. The van der Waals surface area contributed by atoms with Gasteiger partial charge in [0.15, 0.2) is 12.6 Å². The Hall–Kier alpha value is -6.16. The normalized spacial score (nSPS) is 21.1. The third kappa shape index (κ3) is 27.0. The van der Waals surface area contributed by atoms with Gasteiger partial charge in [-0.15, -0.1) is 0 Å². The Morgan fingerprint density at radius 2 is 0.859 bits per heavy atom. The highest BCUT2D eigenvalue weighted by molar-refractivity contribution is 7.54. The number of alkyl carbamates (subject to hydrolysis) is 2. The van der Waals surface area contributed by atoms with Gasteiger partial charge in [-0.3, -0.25) is 14.4 Å². The second kappa shape index (κ2) is 39.3. The number of benzene rings is 6. The third-order valence-corrected chi connectivity index (χ3v) is 22.2. The molecule has 0 saturated carbocycles. The molecule has 6 aromatic carbocycles. The van der Waals surface area contributed by atoms with E-state index in [-0.39, 0.29) is 72.8 Å². The van der Waals surface area contributed by atoms with E-state index in [0.717, 1.165) is 79.2 Å². The molecular formula is C77H104N4O16P2. The molecule has 0 spiro atoms. The van der Waals surface area contributed by atoms with Gasteiger partial charge in [-0.25, -0.2) is 9.59 Å². The minimum Gasteiger partial charge on any atom is -0.443 e. The Morgan fingerprint density at radius 1 is 0.495 bits per heavy atom. The molecule has 5 saturated heterocycles. The largest absolute Gasteiger partial charge is 0.443 e. The molecule has 0 aliphatic carbocycles. The first-order valence-corrected chi connectivity index (χ1v) is 38.5. The molecule has 6 N–H and O–H groups in total. The fourth-order valence-electron chi connectivity index (χ4n) is 12.1. The number of rotatable bonds is 36. The monoisotopic (exact) mass is 1400 g/mol. The first-order valence-electron chi connectivity index (χ1n) is 35.0. The van der Waals surface area contributed by atoms with Crippen molar-refractivity contribution in [2.45, 2.75) is 168 Å². The molecule has 5 fully saturated rings. The number of ether oxygens (including phenoxy) is 7. The summed E-state index contributed by atoms with van der Waals surface area (Å²) in [7, 11) is -6.54. The van der Waals surface area contributed by atoms with Crippen LogP contribution in [0.1, 0.15) is 112 Å². The molecule has 22 heteroatoms. The summed E-state index contributed by atoms with van der Waals surface area (Å²) in [5.41, 5.74) is 11.7. The molecule has 0 aromatic heterocycles. The van der Waals surface area contributed by atoms with Crippen molar-refractivity contribution in [3.8, 4) is 0 Å². The number of hydrogen-bond donors (Lipinski definition) is 5. The van der Waals surface area contributed by atoms with Gasteiger partial charge in [-0.05, 0) is 102 Å². The number of hydrogen-bond acceptors (Lipinski definition) is 18. The van der Waals surface area contributed by atoms with E-state index in [4.69, 9.17) is 57.0 Å². The van der Waals surface area contributed by atoms with Crippen LogP contribution in [0.2, 0.25) is 0 Å². The number of carbonyl (C=O) groups is 2. The van der Waals surface area contributed by atoms with Gasteiger partial charge in [0.05, 0.1) is 95.7 Å². The first-order chi connectivity index (χ1) is 47.9. The van der Waals surface area contributed by atoms with Crippen molar-refractivity contribution >= 4 is 27.4 Å². The van der Waals surface area contributed by atoms with Gasteiger partial charge < -0.3 is 72.7 Å². The van der Waals surface area contributed by atoms with Gasteiger partial charge in [0.25, 0.3) is 0 Å². The van der Waals surface area contributed by atoms with Crippen molar-refractivity contribution in [3.63, 3.8) is 0 Å². The van der Waals surface area contributed by atoms with E-state index in [9.17, 15) is 23.8 Å². The van der Waals surface area contributed by atoms with Gasteiger partial charge in [-0.2, -0.15) is 0 Å². The SMILES string of the molecule is CC(C)(CCCCP(=O)(OCc1ccccc1)OCc1ccccc1)CNC(O)C(Cc1ccccc1)NC(=O)OC1COC2OCCC12.CC(C)(CN)CCCCP(=O)(OCc1ccccc1)OCc1ccccc1.O=C(NC(Cc1ccccc1)C1CO1)OC1COC2OCCC12. The number of amides is 2. The lowest BCUT2D eigenvalue weighted by atomic mass is 9.87. The van der Waals surface area contributed by atoms with Crippen LogP contribution in [0, 0.1) is 22.7 Å². The Bertz CT molecular complexity index is 3290. The van der Waals surface area contributed by atoms with Crippen molar-refractivity contribution in [2.75, 3.05) is 58.4 Å². The van der Waals surface area contributed by atoms with Crippen molar-refractivity contribution < 1.29 is 75.1 Å². The summed E-state index contributed by atoms with van der Waals surface area (Å²) in [6.07, 6.45) is 5.51. The highest BCUT2D eigenvalue weighted by atomic mass is 31.2. The number of aliphatic hydroxyl groups is 1. The van der Waals surface area contributed by atoms with Crippen molar-refractivity contribution in [1.82, 2.24) is 16.0 Å². The molecule has 6 aromatic rings. The van der Waals surface area contributed by atoms with Crippen LogP contribution in [0.4, 0.5) is 9.59 Å². The van der Waals surface area contributed by atoms with Crippen molar-refractivity contribution in [1.29, 1.82) is 0 Å². The van der Waals surface area contributed by atoms with Gasteiger partial charge >= 0.3 is 27.4 Å². The number of fused-ring (bicyclic) bond motifs is 2.